The van der Waals surface area contributed by atoms with Gasteiger partial charge < -0.3 is 24.8 Å². The van der Waals surface area contributed by atoms with Crippen LogP contribution in [0.3, 0.4) is 0 Å². The first-order valence-electron chi connectivity index (χ1n) is 11.3. The van der Waals surface area contributed by atoms with Crippen LogP contribution in [-0.2, 0) is 23.1 Å². The van der Waals surface area contributed by atoms with E-state index in [1.165, 1.54) is 12.8 Å². The van der Waals surface area contributed by atoms with Gasteiger partial charge in [-0.3, -0.25) is 4.79 Å². The number of guanidine groups is 1. The Kier molecular flexibility index (Phi) is 8.48. The van der Waals surface area contributed by atoms with Crippen LogP contribution in [0.2, 0.25) is 0 Å². The van der Waals surface area contributed by atoms with Crippen molar-refractivity contribution in [2.24, 2.45) is 18.0 Å². The predicted molar refractivity (Wildman–Crippen MR) is 116 cm³/mol. The first-order valence-corrected chi connectivity index (χ1v) is 11.3. The number of carbonyl (C=O) groups excluding carboxylic acids is 1. The van der Waals surface area contributed by atoms with Crippen molar-refractivity contribution < 1.29 is 9.53 Å². The minimum Gasteiger partial charge on any atom is -0.382 e. The number of aliphatic imine (C=N–C) groups is 1. The Bertz CT molecular complexity index is 712. The first-order chi connectivity index (χ1) is 14.6. The first kappa shape index (κ1) is 22.5. The van der Waals surface area contributed by atoms with Gasteiger partial charge in [0.2, 0.25) is 5.91 Å². The Labute approximate surface area is 179 Å². The third kappa shape index (κ3) is 6.17. The maximum Gasteiger partial charge on any atom is 0.225 e. The molecule has 9 heteroatoms. The quantitative estimate of drug-likeness (QED) is 0.357. The number of rotatable bonds is 9. The van der Waals surface area contributed by atoms with Crippen LogP contribution in [0.5, 0.6) is 0 Å². The van der Waals surface area contributed by atoms with Crippen LogP contribution in [0.25, 0.3) is 0 Å². The number of ether oxygens (including phenoxy) is 1. The average Bonchev–Trinajstić information content (AvgIpc) is 3.49. The third-order valence-corrected chi connectivity index (χ3v) is 6.07. The van der Waals surface area contributed by atoms with Gasteiger partial charge in [0.15, 0.2) is 11.8 Å². The van der Waals surface area contributed by atoms with E-state index in [4.69, 9.17) is 9.73 Å². The van der Waals surface area contributed by atoms with Crippen LogP contribution < -0.4 is 10.6 Å². The van der Waals surface area contributed by atoms with E-state index in [2.05, 4.69) is 20.8 Å². The Morgan fingerprint density at radius 3 is 2.77 bits per heavy atom. The minimum absolute atomic E-state index is 0.217. The highest BCUT2D eigenvalue weighted by atomic mass is 16.5. The van der Waals surface area contributed by atoms with Crippen molar-refractivity contribution in [3.63, 3.8) is 0 Å². The molecule has 1 saturated carbocycles. The van der Waals surface area contributed by atoms with Crippen molar-refractivity contribution >= 4 is 11.9 Å². The second-order valence-electron chi connectivity index (χ2n) is 8.26. The highest BCUT2D eigenvalue weighted by Gasteiger charge is 2.32. The molecule has 1 aliphatic carbocycles. The summed E-state index contributed by atoms with van der Waals surface area (Å²) in [5.74, 6) is 3.04. The molecule has 2 aliphatic rings. The summed E-state index contributed by atoms with van der Waals surface area (Å²) in [7, 11) is 1.95. The molecule has 1 aromatic rings. The van der Waals surface area contributed by atoms with Crippen molar-refractivity contribution in [3.05, 3.63) is 11.6 Å². The number of carbonyl (C=O) groups is 1. The van der Waals surface area contributed by atoms with E-state index in [1.54, 1.807) is 0 Å². The molecular weight excluding hydrogens is 382 g/mol. The topological polar surface area (TPSA) is 96.7 Å². The summed E-state index contributed by atoms with van der Waals surface area (Å²) in [4.78, 5) is 19.5. The maximum absolute atomic E-state index is 12.7. The molecule has 1 atom stereocenters. The largest absolute Gasteiger partial charge is 0.382 e. The van der Waals surface area contributed by atoms with Crippen LogP contribution in [-0.4, -0.2) is 70.4 Å². The SMILES string of the molecule is CCOCCCNC(=NCc1nnc(C)n1C)NC1CCN(C(=O)C2CCCC2)C1. The molecule has 1 amide bonds. The molecule has 1 aromatic heterocycles. The van der Waals surface area contributed by atoms with Gasteiger partial charge in [0.25, 0.3) is 0 Å². The van der Waals surface area contributed by atoms with Gasteiger partial charge in [0.1, 0.15) is 12.4 Å². The van der Waals surface area contributed by atoms with Crippen molar-refractivity contribution in [2.45, 2.75) is 65.0 Å². The molecule has 3 rings (SSSR count). The van der Waals surface area contributed by atoms with Crippen LogP contribution in [0.4, 0.5) is 0 Å². The lowest BCUT2D eigenvalue weighted by Gasteiger charge is -2.21. The lowest BCUT2D eigenvalue weighted by molar-refractivity contribution is -0.134. The minimum atomic E-state index is 0.217. The Balaban J connectivity index is 1.55. The number of aryl methyl sites for hydroxylation is 1. The fraction of sp³-hybridized carbons (Fsp3) is 0.810. The summed E-state index contributed by atoms with van der Waals surface area (Å²) in [6.07, 6.45) is 6.35. The van der Waals surface area contributed by atoms with E-state index in [0.717, 1.165) is 76.1 Å². The van der Waals surface area contributed by atoms with Gasteiger partial charge in [-0.15, -0.1) is 10.2 Å². The van der Waals surface area contributed by atoms with E-state index < -0.39 is 0 Å². The molecule has 168 valence electrons. The van der Waals surface area contributed by atoms with Gasteiger partial charge >= 0.3 is 0 Å². The monoisotopic (exact) mass is 419 g/mol. The zero-order valence-electron chi connectivity index (χ0n) is 18.7. The zero-order chi connectivity index (χ0) is 21.3. The summed E-state index contributed by atoms with van der Waals surface area (Å²) in [6.45, 7) is 8.20. The van der Waals surface area contributed by atoms with E-state index in [0.29, 0.717) is 12.5 Å². The fourth-order valence-electron chi connectivity index (χ4n) is 4.12. The number of amides is 1. The number of nitrogens with one attached hydrogen (secondary N) is 2. The molecule has 0 radical (unpaired) electrons. The van der Waals surface area contributed by atoms with Crippen LogP contribution >= 0.6 is 0 Å². The third-order valence-electron chi connectivity index (χ3n) is 6.07. The van der Waals surface area contributed by atoms with Gasteiger partial charge in [-0.25, -0.2) is 4.99 Å². The molecule has 1 unspecified atom stereocenters. The molecule has 2 N–H and O–H groups in total. The van der Waals surface area contributed by atoms with Gasteiger partial charge in [0.05, 0.1) is 0 Å². The van der Waals surface area contributed by atoms with Crippen molar-refractivity contribution in [2.75, 3.05) is 32.8 Å². The number of likely N-dealkylation sites (tertiary alicyclic amines) is 1. The molecule has 9 nitrogen and oxygen atoms in total. The summed E-state index contributed by atoms with van der Waals surface area (Å²) in [6, 6.07) is 0.217. The summed E-state index contributed by atoms with van der Waals surface area (Å²) in [5.41, 5.74) is 0. The average molecular weight is 420 g/mol. The van der Waals surface area contributed by atoms with Crippen molar-refractivity contribution in [1.82, 2.24) is 30.3 Å². The standard InChI is InChI=1S/C21H37N7O2/c1-4-30-13-7-11-22-21(23-14-19-26-25-16(2)27(19)3)24-18-10-12-28(15-18)20(29)17-8-5-6-9-17/h17-18H,4-15H2,1-3H3,(H2,22,23,24). The van der Waals surface area contributed by atoms with E-state index in [1.807, 2.05) is 30.4 Å². The van der Waals surface area contributed by atoms with E-state index >= 15 is 0 Å². The Hall–Kier alpha value is -2.16. The van der Waals surface area contributed by atoms with Crippen molar-refractivity contribution in [1.29, 1.82) is 0 Å². The summed E-state index contributed by atoms with van der Waals surface area (Å²) in [5, 5.41) is 15.2. The predicted octanol–water partition coefficient (Wildman–Crippen LogP) is 1.38. The highest BCUT2D eigenvalue weighted by Crippen LogP contribution is 2.27. The normalized spacial score (nSPS) is 20.2. The van der Waals surface area contributed by atoms with Gasteiger partial charge in [0, 0.05) is 51.9 Å². The lowest BCUT2D eigenvalue weighted by Crippen LogP contribution is -2.46. The molecular formula is C21H37N7O2. The molecule has 0 bridgehead atoms. The molecule has 1 saturated heterocycles. The zero-order valence-corrected chi connectivity index (χ0v) is 18.7. The second-order valence-corrected chi connectivity index (χ2v) is 8.26. The summed E-state index contributed by atoms with van der Waals surface area (Å²) >= 11 is 0. The maximum atomic E-state index is 12.7. The molecule has 2 heterocycles. The van der Waals surface area contributed by atoms with Gasteiger partial charge in [-0.2, -0.15) is 0 Å². The molecule has 2 fully saturated rings. The number of hydrogen-bond donors (Lipinski definition) is 2. The molecule has 0 spiro atoms. The van der Waals surface area contributed by atoms with E-state index in [9.17, 15) is 4.79 Å². The van der Waals surface area contributed by atoms with E-state index in [-0.39, 0.29) is 12.0 Å². The van der Waals surface area contributed by atoms with Crippen LogP contribution in [0.15, 0.2) is 4.99 Å². The summed E-state index contributed by atoms with van der Waals surface area (Å²) < 4.78 is 7.37. The highest BCUT2D eigenvalue weighted by molar-refractivity contribution is 5.81. The molecule has 1 aliphatic heterocycles. The van der Waals surface area contributed by atoms with Crippen LogP contribution in [0, 0.1) is 12.8 Å². The van der Waals surface area contributed by atoms with Crippen molar-refractivity contribution in [3.8, 4) is 0 Å². The smallest absolute Gasteiger partial charge is 0.225 e. The Morgan fingerprint density at radius 1 is 1.27 bits per heavy atom. The fourth-order valence-corrected chi connectivity index (χ4v) is 4.12. The lowest BCUT2D eigenvalue weighted by atomic mass is 10.1. The molecule has 0 aromatic carbocycles. The van der Waals surface area contributed by atoms with Gasteiger partial charge in [-0.1, -0.05) is 12.8 Å². The number of aromatic nitrogens is 3. The Morgan fingerprint density at radius 2 is 2.07 bits per heavy atom. The van der Waals surface area contributed by atoms with Crippen LogP contribution in [0.1, 0.15) is 57.1 Å². The second kappa shape index (κ2) is 11.3. The van der Waals surface area contributed by atoms with Gasteiger partial charge in [-0.05, 0) is 39.5 Å². The number of hydrogen-bond acceptors (Lipinski definition) is 5. The number of nitrogens with zero attached hydrogens (tertiary/aromatic N) is 5. The molecule has 30 heavy (non-hydrogen) atoms.